The smallest absolute Gasteiger partial charge is 0.243 e. The Hall–Kier alpha value is -2.71. The van der Waals surface area contributed by atoms with Crippen molar-refractivity contribution in [2.75, 3.05) is 23.7 Å². The molecule has 0 aromatic heterocycles. The maximum absolute atomic E-state index is 13.0. The van der Waals surface area contributed by atoms with Crippen molar-refractivity contribution in [3.05, 3.63) is 53.6 Å². The molecule has 2 N–H and O–H groups in total. The highest BCUT2D eigenvalue weighted by Gasteiger charge is 2.32. The summed E-state index contributed by atoms with van der Waals surface area (Å²) in [6.45, 7) is 5.73. The molecule has 0 unspecified atom stereocenters. The quantitative estimate of drug-likeness (QED) is 0.762. The lowest BCUT2D eigenvalue weighted by Gasteiger charge is -2.31. The second-order valence-electron chi connectivity index (χ2n) is 7.70. The van der Waals surface area contributed by atoms with E-state index in [2.05, 4.69) is 10.6 Å². The van der Waals surface area contributed by atoms with Crippen molar-refractivity contribution in [3.8, 4) is 0 Å². The molecular weight excluding hydrogens is 402 g/mol. The Morgan fingerprint density at radius 1 is 0.933 bits per heavy atom. The summed E-state index contributed by atoms with van der Waals surface area (Å²) in [6, 6.07) is 12.3. The molecule has 8 heteroatoms. The van der Waals surface area contributed by atoms with Gasteiger partial charge in [-0.15, -0.1) is 0 Å². The first-order chi connectivity index (χ1) is 14.2. The number of piperidine rings is 1. The molecule has 2 aromatic rings. The monoisotopic (exact) mass is 429 g/mol. The van der Waals surface area contributed by atoms with Gasteiger partial charge in [-0.05, 0) is 68.1 Å². The van der Waals surface area contributed by atoms with Crippen molar-refractivity contribution in [2.24, 2.45) is 5.92 Å². The number of benzene rings is 2. The predicted octanol–water partition coefficient (Wildman–Crippen LogP) is 3.30. The van der Waals surface area contributed by atoms with E-state index in [1.165, 1.54) is 11.2 Å². The summed E-state index contributed by atoms with van der Waals surface area (Å²) in [5.41, 5.74) is 2.92. The molecule has 1 saturated heterocycles. The average molecular weight is 430 g/mol. The highest BCUT2D eigenvalue weighted by atomic mass is 32.2. The van der Waals surface area contributed by atoms with Gasteiger partial charge < -0.3 is 10.6 Å². The highest BCUT2D eigenvalue weighted by molar-refractivity contribution is 7.89. The van der Waals surface area contributed by atoms with Crippen LogP contribution in [0.4, 0.5) is 11.4 Å². The van der Waals surface area contributed by atoms with Crippen LogP contribution in [0.2, 0.25) is 0 Å². The number of hydrogen-bond acceptors (Lipinski definition) is 4. The number of anilines is 2. The largest absolute Gasteiger partial charge is 0.326 e. The Balaban J connectivity index is 1.60. The first-order valence-electron chi connectivity index (χ1n) is 9.93. The molecule has 0 radical (unpaired) electrons. The predicted molar refractivity (Wildman–Crippen MR) is 117 cm³/mol. The minimum atomic E-state index is -3.57. The summed E-state index contributed by atoms with van der Waals surface area (Å²) in [6.07, 6.45) is 0.944. The van der Waals surface area contributed by atoms with Gasteiger partial charge in [-0.2, -0.15) is 4.31 Å². The van der Waals surface area contributed by atoms with Crippen LogP contribution in [0.25, 0.3) is 0 Å². The molecule has 0 aliphatic carbocycles. The number of hydrogen-bond donors (Lipinski definition) is 2. The normalized spacial score (nSPS) is 15.6. The molecule has 7 nitrogen and oxygen atoms in total. The molecule has 160 valence electrons. The highest BCUT2D eigenvalue weighted by Crippen LogP contribution is 2.27. The lowest BCUT2D eigenvalue weighted by molar-refractivity contribution is -0.121. The average Bonchev–Trinajstić information content (AvgIpc) is 2.71. The van der Waals surface area contributed by atoms with E-state index in [-0.39, 0.29) is 17.7 Å². The van der Waals surface area contributed by atoms with Crippen molar-refractivity contribution in [1.82, 2.24) is 4.31 Å². The number of carbonyl (C=O) groups is 2. The van der Waals surface area contributed by atoms with Crippen LogP contribution in [-0.4, -0.2) is 37.6 Å². The summed E-state index contributed by atoms with van der Waals surface area (Å²) in [5.74, 6) is -0.523. The van der Waals surface area contributed by atoms with E-state index in [0.717, 1.165) is 11.1 Å². The van der Waals surface area contributed by atoms with E-state index < -0.39 is 10.0 Å². The van der Waals surface area contributed by atoms with Gasteiger partial charge >= 0.3 is 0 Å². The summed E-state index contributed by atoms with van der Waals surface area (Å²) in [5, 5.41) is 5.55. The zero-order valence-electron chi connectivity index (χ0n) is 17.4. The van der Waals surface area contributed by atoms with Gasteiger partial charge in [0.25, 0.3) is 0 Å². The van der Waals surface area contributed by atoms with E-state index in [0.29, 0.717) is 42.2 Å². The van der Waals surface area contributed by atoms with E-state index in [4.69, 9.17) is 0 Å². The van der Waals surface area contributed by atoms with Gasteiger partial charge in [-0.25, -0.2) is 8.42 Å². The van der Waals surface area contributed by atoms with Gasteiger partial charge in [0.05, 0.1) is 4.90 Å². The minimum Gasteiger partial charge on any atom is -0.326 e. The molecule has 1 fully saturated rings. The fraction of sp³-hybridized carbons (Fsp3) is 0.364. The summed E-state index contributed by atoms with van der Waals surface area (Å²) < 4.78 is 27.5. The standard InChI is InChI=1S/C22H27N3O4S/c1-15-4-5-16(2)21(14-15)30(28,29)25-12-10-18(11-13-25)22(27)24-20-8-6-19(7-9-20)23-17(3)26/h4-9,14,18H,10-13H2,1-3H3,(H,23,26)(H,24,27). The summed E-state index contributed by atoms with van der Waals surface area (Å²) >= 11 is 0. The van der Waals surface area contributed by atoms with Gasteiger partial charge in [-0.1, -0.05) is 12.1 Å². The van der Waals surface area contributed by atoms with Gasteiger partial charge in [0, 0.05) is 37.3 Å². The van der Waals surface area contributed by atoms with Crippen LogP contribution in [0, 0.1) is 19.8 Å². The second kappa shape index (κ2) is 8.97. The summed E-state index contributed by atoms with van der Waals surface area (Å²) in [7, 11) is -3.57. The molecule has 0 spiro atoms. The van der Waals surface area contributed by atoms with Crippen LogP contribution < -0.4 is 10.6 Å². The molecule has 1 aliphatic rings. The molecule has 3 rings (SSSR count). The van der Waals surface area contributed by atoms with Crippen LogP contribution in [0.15, 0.2) is 47.4 Å². The third kappa shape index (κ3) is 5.06. The molecule has 0 bridgehead atoms. The van der Waals surface area contributed by atoms with E-state index >= 15 is 0 Å². The van der Waals surface area contributed by atoms with E-state index in [1.54, 1.807) is 37.3 Å². The van der Waals surface area contributed by atoms with Crippen molar-refractivity contribution in [2.45, 2.75) is 38.5 Å². The minimum absolute atomic E-state index is 0.119. The van der Waals surface area contributed by atoms with Gasteiger partial charge in [0.1, 0.15) is 0 Å². The van der Waals surface area contributed by atoms with Crippen molar-refractivity contribution < 1.29 is 18.0 Å². The molecule has 0 saturated carbocycles. The number of nitrogens with one attached hydrogen (secondary N) is 2. The number of amides is 2. The number of rotatable bonds is 5. The topological polar surface area (TPSA) is 95.6 Å². The third-order valence-corrected chi connectivity index (χ3v) is 7.30. The van der Waals surface area contributed by atoms with Crippen LogP contribution in [0.5, 0.6) is 0 Å². The Kier molecular flexibility index (Phi) is 6.58. The van der Waals surface area contributed by atoms with Crippen LogP contribution in [-0.2, 0) is 19.6 Å². The first-order valence-corrected chi connectivity index (χ1v) is 11.4. The number of nitrogens with zero attached hydrogens (tertiary/aromatic N) is 1. The number of sulfonamides is 1. The Labute approximate surface area is 177 Å². The van der Waals surface area contributed by atoms with Gasteiger partial charge in [0.15, 0.2) is 0 Å². The van der Waals surface area contributed by atoms with Gasteiger partial charge in [0.2, 0.25) is 21.8 Å². The molecule has 2 aromatic carbocycles. The maximum Gasteiger partial charge on any atom is 0.243 e. The Bertz CT molecular complexity index is 1040. The number of aryl methyl sites for hydroxylation is 2. The van der Waals surface area contributed by atoms with Crippen molar-refractivity contribution in [1.29, 1.82) is 0 Å². The SMILES string of the molecule is CC(=O)Nc1ccc(NC(=O)C2CCN(S(=O)(=O)c3cc(C)ccc3C)CC2)cc1. The Morgan fingerprint density at radius 3 is 2.07 bits per heavy atom. The molecule has 30 heavy (non-hydrogen) atoms. The molecule has 1 aliphatic heterocycles. The molecule has 2 amide bonds. The fourth-order valence-corrected chi connectivity index (χ4v) is 5.35. The van der Waals surface area contributed by atoms with E-state index in [1.807, 2.05) is 19.1 Å². The van der Waals surface area contributed by atoms with Gasteiger partial charge in [-0.3, -0.25) is 9.59 Å². The zero-order chi connectivity index (χ0) is 21.9. The van der Waals surface area contributed by atoms with Crippen molar-refractivity contribution >= 4 is 33.2 Å². The third-order valence-electron chi connectivity index (χ3n) is 5.26. The fourth-order valence-electron chi connectivity index (χ4n) is 3.57. The Morgan fingerprint density at radius 2 is 1.50 bits per heavy atom. The molecular formula is C22H27N3O4S. The van der Waals surface area contributed by atoms with Crippen LogP contribution in [0.3, 0.4) is 0 Å². The lowest BCUT2D eigenvalue weighted by atomic mass is 9.97. The maximum atomic E-state index is 13.0. The summed E-state index contributed by atoms with van der Waals surface area (Å²) in [4.78, 5) is 24.0. The van der Waals surface area contributed by atoms with Crippen molar-refractivity contribution in [3.63, 3.8) is 0 Å². The van der Waals surface area contributed by atoms with E-state index in [9.17, 15) is 18.0 Å². The zero-order valence-corrected chi connectivity index (χ0v) is 18.3. The molecule has 0 atom stereocenters. The lowest BCUT2D eigenvalue weighted by Crippen LogP contribution is -2.41. The number of carbonyl (C=O) groups excluding carboxylic acids is 2. The second-order valence-corrected chi connectivity index (χ2v) is 9.60. The molecule has 1 heterocycles. The van der Waals surface area contributed by atoms with Crippen LogP contribution >= 0.6 is 0 Å². The van der Waals surface area contributed by atoms with Crippen LogP contribution in [0.1, 0.15) is 30.9 Å². The first kappa shape index (κ1) is 22.0.